The zero-order valence-corrected chi connectivity index (χ0v) is 18.5. The van der Waals surface area contributed by atoms with Crippen molar-refractivity contribution in [2.45, 2.75) is 6.04 Å². The van der Waals surface area contributed by atoms with Crippen LogP contribution in [-0.4, -0.2) is 31.0 Å². The molecular formula is C23H17ClFNO5S. The van der Waals surface area contributed by atoms with Crippen molar-refractivity contribution in [3.8, 4) is 11.5 Å². The quantitative estimate of drug-likeness (QED) is 0.314. The van der Waals surface area contributed by atoms with Crippen LogP contribution in [0.1, 0.15) is 16.5 Å². The van der Waals surface area contributed by atoms with Gasteiger partial charge >= 0.3 is 0 Å². The first-order valence-electron chi connectivity index (χ1n) is 9.39. The van der Waals surface area contributed by atoms with Gasteiger partial charge in [-0.15, -0.1) is 11.3 Å². The highest BCUT2D eigenvalue weighted by Gasteiger charge is 2.47. The number of hydrogen-bond donors (Lipinski definition) is 1. The van der Waals surface area contributed by atoms with E-state index in [4.69, 9.17) is 21.1 Å². The Morgan fingerprint density at radius 3 is 2.38 bits per heavy atom. The Kier molecular flexibility index (Phi) is 5.90. The zero-order valence-electron chi connectivity index (χ0n) is 17.0. The lowest BCUT2D eigenvalue weighted by atomic mass is 9.99. The van der Waals surface area contributed by atoms with Gasteiger partial charge < -0.3 is 14.6 Å². The van der Waals surface area contributed by atoms with E-state index in [9.17, 15) is 19.1 Å². The SMILES string of the molecule is COc1cc(OC)c(/C(O)=C2/C(=O)C(=O)N(c3ccc(F)cc3)C2c2cccs2)cc1Cl. The molecule has 1 atom stereocenters. The summed E-state index contributed by atoms with van der Waals surface area (Å²) >= 11 is 7.56. The molecular weight excluding hydrogens is 457 g/mol. The van der Waals surface area contributed by atoms with E-state index in [0.717, 1.165) is 0 Å². The highest BCUT2D eigenvalue weighted by Crippen LogP contribution is 2.45. The van der Waals surface area contributed by atoms with Crippen LogP contribution in [0.3, 0.4) is 0 Å². The van der Waals surface area contributed by atoms with Gasteiger partial charge in [0, 0.05) is 16.6 Å². The average molecular weight is 474 g/mol. The van der Waals surface area contributed by atoms with Crippen LogP contribution < -0.4 is 14.4 Å². The minimum absolute atomic E-state index is 0.124. The number of aliphatic hydroxyl groups is 1. The fourth-order valence-corrected chi connectivity index (χ4v) is 4.67. The molecule has 164 valence electrons. The molecule has 1 aliphatic rings. The molecule has 1 fully saturated rings. The van der Waals surface area contributed by atoms with Gasteiger partial charge in [-0.3, -0.25) is 14.5 Å². The molecule has 9 heteroatoms. The lowest BCUT2D eigenvalue weighted by molar-refractivity contribution is -0.132. The van der Waals surface area contributed by atoms with Crippen LogP contribution in [-0.2, 0) is 9.59 Å². The second kappa shape index (κ2) is 8.64. The summed E-state index contributed by atoms with van der Waals surface area (Å²) in [6.45, 7) is 0. The van der Waals surface area contributed by atoms with Gasteiger partial charge in [0.1, 0.15) is 29.1 Å². The Morgan fingerprint density at radius 1 is 1.09 bits per heavy atom. The van der Waals surface area contributed by atoms with Crippen molar-refractivity contribution in [1.29, 1.82) is 0 Å². The molecule has 2 aromatic carbocycles. The number of amides is 1. The summed E-state index contributed by atoms with van der Waals surface area (Å²) in [7, 11) is 2.83. The van der Waals surface area contributed by atoms with E-state index in [1.807, 2.05) is 0 Å². The van der Waals surface area contributed by atoms with Gasteiger partial charge in [0.2, 0.25) is 0 Å². The number of methoxy groups -OCH3 is 2. The van der Waals surface area contributed by atoms with Crippen LogP contribution in [0.5, 0.6) is 11.5 Å². The minimum atomic E-state index is -0.911. The van der Waals surface area contributed by atoms with Crippen LogP contribution >= 0.6 is 22.9 Å². The first-order valence-corrected chi connectivity index (χ1v) is 10.6. The molecule has 4 rings (SSSR count). The number of benzene rings is 2. The number of ether oxygens (including phenoxy) is 2. The van der Waals surface area contributed by atoms with Gasteiger partial charge in [-0.05, 0) is 41.8 Å². The number of carbonyl (C=O) groups is 2. The van der Waals surface area contributed by atoms with Gasteiger partial charge in [-0.2, -0.15) is 0 Å². The molecule has 1 aromatic heterocycles. The molecule has 1 N–H and O–H groups in total. The third kappa shape index (κ3) is 3.61. The number of Topliss-reactive ketones (excluding diaryl/α,β-unsaturated/α-hetero) is 1. The zero-order chi connectivity index (χ0) is 23.0. The summed E-state index contributed by atoms with van der Waals surface area (Å²) in [4.78, 5) is 28.0. The van der Waals surface area contributed by atoms with Crippen molar-refractivity contribution in [3.63, 3.8) is 0 Å². The molecule has 1 aliphatic heterocycles. The van der Waals surface area contributed by atoms with Crippen LogP contribution in [0.2, 0.25) is 5.02 Å². The molecule has 6 nitrogen and oxygen atoms in total. The van der Waals surface area contributed by atoms with E-state index in [1.54, 1.807) is 17.5 Å². The van der Waals surface area contributed by atoms with Crippen LogP contribution in [0.25, 0.3) is 5.76 Å². The number of aliphatic hydroxyl groups excluding tert-OH is 1. The maximum Gasteiger partial charge on any atom is 0.300 e. The van der Waals surface area contributed by atoms with Gasteiger partial charge in [-0.1, -0.05) is 17.7 Å². The van der Waals surface area contributed by atoms with Gasteiger partial charge in [-0.25, -0.2) is 4.39 Å². The highest BCUT2D eigenvalue weighted by atomic mass is 35.5. The van der Waals surface area contributed by atoms with Crippen LogP contribution in [0.15, 0.2) is 59.5 Å². The number of carbonyl (C=O) groups excluding carboxylic acids is 2. The minimum Gasteiger partial charge on any atom is -0.507 e. The van der Waals surface area contributed by atoms with Gasteiger partial charge in [0.25, 0.3) is 11.7 Å². The maximum atomic E-state index is 13.5. The normalized spacial score (nSPS) is 17.6. The van der Waals surface area contributed by atoms with Crippen LogP contribution in [0.4, 0.5) is 10.1 Å². The predicted octanol–water partition coefficient (Wildman–Crippen LogP) is 5.18. The smallest absolute Gasteiger partial charge is 0.300 e. The monoisotopic (exact) mass is 473 g/mol. The highest BCUT2D eigenvalue weighted by molar-refractivity contribution is 7.10. The Bertz CT molecular complexity index is 1220. The summed E-state index contributed by atoms with van der Waals surface area (Å²) < 4.78 is 24.0. The summed E-state index contributed by atoms with van der Waals surface area (Å²) in [5.41, 5.74) is 0.337. The summed E-state index contributed by atoms with van der Waals surface area (Å²) in [6, 6.07) is 10.7. The number of rotatable bonds is 5. The van der Waals surface area contributed by atoms with Crippen molar-refractivity contribution in [2.75, 3.05) is 19.1 Å². The Morgan fingerprint density at radius 2 is 1.78 bits per heavy atom. The Balaban J connectivity index is 1.95. The van der Waals surface area contributed by atoms with E-state index >= 15 is 0 Å². The second-order valence-corrected chi connectivity index (χ2v) is 8.23. The van der Waals surface area contributed by atoms with Gasteiger partial charge in [0.05, 0.1) is 30.4 Å². The van der Waals surface area contributed by atoms with Crippen molar-refractivity contribution in [3.05, 3.63) is 80.8 Å². The van der Waals surface area contributed by atoms with E-state index in [0.29, 0.717) is 16.3 Å². The van der Waals surface area contributed by atoms with E-state index in [-0.39, 0.29) is 21.9 Å². The van der Waals surface area contributed by atoms with Crippen LogP contribution in [0, 0.1) is 5.82 Å². The number of anilines is 1. The van der Waals surface area contributed by atoms with Crippen molar-refractivity contribution in [1.82, 2.24) is 0 Å². The number of hydrogen-bond acceptors (Lipinski definition) is 6. The summed E-state index contributed by atoms with van der Waals surface area (Å²) in [6.07, 6.45) is 0. The molecule has 1 amide bonds. The number of halogens is 2. The van der Waals surface area contributed by atoms with Crippen molar-refractivity contribution < 1.29 is 28.6 Å². The summed E-state index contributed by atoms with van der Waals surface area (Å²) in [5, 5.41) is 13.2. The van der Waals surface area contributed by atoms with Crippen molar-refractivity contribution in [2.24, 2.45) is 0 Å². The predicted molar refractivity (Wildman–Crippen MR) is 120 cm³/mol. The number of thiophene rings is 1. The first-order chi connectivity index (χ1) is 15.4. The molecule has 1 unspecified atom stereocenters. The van der Waals surface area contributed by atoms with Crippen molar-refractivity contribution >= 4 is 46.1 Å². The first kappa shape index (κ1) is 21.9. The lowest BCUT2D eigenvalue weighted by Gasteiger charge is -2.24. The topological polar surface area (TPSA) is 76.1 Å². The van der Waals surface area contributed by atoms with E-state index in [2.05, 4.69) is 0 Å². The van der Waals surface area contributed by atoms with E-state index < -0.39 is 29.3 Å². The number of nitrogens with zero attached hydrogens (tertiary/aromatic N) is 1. The maximum absolute atomic E-state index is 13.5. The largest absolute Gasteiger partial charge is 0.507 e. The third-order valence-corrected chi connectivity index (χ3v) is 6.31. The molecule has 3 aromatic rings. The molecule has 0 saturated carbocycles. The second-order valence-electron chi connectivity index (χ2n) is 6.85. The lowest BCUT2D eigenvalue weighted by Crippen LogP contribution is -2.29. The standard InChI is InChI=1S/C23H17ClFNO5S/c1-30-16-11-17(31-2)15(24)10-14(16)21(27)19-20(18-4-3-9-32-18)26(23(29)22(19)28)13-7-5-12(25)6-8-13/h3-11,20,27H,1-2H3/b21-19-. The Labute approximate surface area is 192 Å². The van der Waals surface area contributed by atoms with Gasteiger partial charge in [0.15, 0.2) is 0 Å². The molecule has 2 heterocycles. The molecule has 0 bridgehead atoms. The molecule has 32 heavy (non-hydrogen) atoms. The molecule has 0 radical (unpaired) electrons. The summed E-state index contributed by atoms with van der Waals surface area (Å²) in [5.74, 6) is -2.10. The van der Waals surface area contributed by atoms with E-state index in [1.165, 1.54) is 66.9 Å². The Hall–Kier alpha value is -3.36. The molecule has 0 aliphatic carbocycles. The fourth-order valence-electron chi connectivity index (χ4n) is 3.61. The fraction of sp³-hybridized carbons (Fsp3) is 0.130. The number of ketones is 1. The average Bonchev–Trinajstić information content (AvgIpc) is 3.41. The molecule has 0 spiro atoms. The molecule has 1 saturated heterocycles. The third-order valence-electron chi connectivity index (χ3n) is 5.09.